The first-order valence-corrected chi connectivity index (χ1v) is 12.6. The first-order valence-electron chi connectivity index (χ1n) is 12.6. The Balaban J connectivity index is 1.36. The fourth-order valence-electron chi connectivity index (χ4n) is 5.12. The van der Waals surface area contributed by atoms with Gasteiger partial charge < -0.3 is 14.6 Å². The van der Waals surface area contributed by atoms with Crippen molar-refractivity contribution in [3.63, 3.8) is 0 Å². The van der Waals surface area contributed by atoms with Gasteiger partial charge in [-0.1, -0.05) is 72.8 Å². The van der Waals surface area contributed by atoms with Crippen LogP contribution < -0.4 is 10.1 Å². The van der Waals surface area contributed by atoms with Crippen molar-refractivity contribution in [2.75, 3.05) is 20.2 Å². The number of hydrogen-bond acceptors (Lipinski definition) is 3. The normalized spacial score (nSPS) is 14.5. The molecule has 0 saturated carbocycles. The summed E-state index contributed by atoms with van der Waals surface area (Å²) in [5.74, 6) is 0.756. The summed E-state index contributed by atoms with van der Waals surface area (Å²) in [6.45, 7) is 4.94. The summed E-state index contributed by atoms with van der Waals surface area (Å²) in [5, 5.41) is 3.32. The summed E-state index contributed by atoms with van der Waals surface area (Å²) in [6, 6.07) is 30.9. The summed E-state index contributed by atoms with van der Waals surface area (Å²) < 4.78 is 7.79. The minimum atomic E-state index is -0.0140. The van der Waals surface area contributed by atoms with E-state index in [2.05, 4.69) is 57.2 Å². The number of ether oxygens (including phenoxy) is 1. The van der Waals surface area contributed by atoms with Crippen LogP contribution in [0.3, 0.4) is 0 Å². The average molecular weight is 480 g/mol. The minimum Gasteiger partial charge on any atom is -0.495 e. The molecule has 4 aromatic rings. The highest BCUT2D eigenvalue weighted by Crippen LogP contribution is 2.33. The fraction of sp³-hybridized carbons (Fsp3) is 0.258. The SMILES string of the molecule is COc1ccccc1-n1c(-c2ccccc2)cc(C(=O)NC2CCN(Cc3ccccc3)CC2)c1C. The van der Waals surface area contributed by atoms with E-state index in [0.717, 1.165) is 60.9 Å². The number of rotatable bonds is 7. The van der Waals surface area contributed by atoms with Crippen molar-refractivity contribution in [3.05, 3.63) is 108 Å². The molecule has 0 spiro atoms. The van der Waals surface area contributed by atoms with Crippen LogP contribution in [0.1, 0.15) is 34.5 Å². The van der Waals surface area contributed by atoms with Crippen molar-refractivity contribution in [3.8, 4) is 22.7 Å². The van der Waals surface area contributed by atoms with Crippen LogP contribution >= 0.6 is 0 Å². The third-order valence-corrected chi connectivity index (χ3v) is 7.06. The van der Waals surface area contributed by atoms with Crippen LogP contribution in [-0.4, -0.2) is 41.6 Å². The number of nitrogens with one attached hydrogen (secondary N) is 1. The lowest BCUT2D eigenvalue weighted by Crippen LogP contribution is -2.44. The maximum absolute atomic E-state index is 13.5. The Bertz CT molecular complexity index is 1310. The Morgan fingerprint density at radius 2 is 1.56 bits per heavy atom. The van der Waals surface area contributed by atoms with Crippen LogP contribution in [0.15, 0.2) is 91.0 Å². The van der Waals surface area contributed by atoms with Crippen LogP contribution in [0.2, 0.25) is 0 Å². The number of hydrogen-bond donors (Lipinski definition) is 1. The highest BCUT2D eigenvalue weighted by molar-refractivity contribution is 5.97. The van der Waals surface area contributed by atoms with E-state index < -0.39 is 0 Å². The van der Waals surface area contributed by atoms with E-state index in [4.69, 9.17) is 4.74 Å². The molecule has 5 rings (SSSR count). The molecule has 1 saturated heterocycles. The van der Waals surface area contributed by atoms with Crippen LogP contribution in [0.25, 0.3) is 16.9 Å². The van der Waals surface area contributed by atoms with Gasteiger partial charge in [-0.2, -0.15) is 0 Å². The molecule has 3 aromatic carbocycles. The highest BCUT2D eigenvalue weighted by Gasteiger charge is 2.25. The summed E-state index contributed by atoms with van der Waals surface area (Å²) in [4.78, 5) is 16.0. The van der Waals surface area contributed by atoms with Gasteiger partial charge in [0.1, 0.15) is 5.75 Å². The second-order valence-electron chi connectivity index (χ2n) is 9.41. The summed E-state index contributed by atoms with van der Waals surface area (Å²) in [7, 11) is 1.68. The molecule has 1 fully saturated rings. The number of nitrogens with zero attached hydrogens (tertiary/aromatic N) is 2. The Morgan fingerprint density at radius 3 is 2.25 bits per heavy atom. The van der Waals surface area contributed by atoms with Crippen LogP contribution in [0.4, 0.5) is 0 Å². The lowest BCUT2D eigenvalue weighted by atomic mass is 10.0. The van der Waals surface area contributed by atoms with Gasteiger partial charge in [0.15, 0.2) is 0 Å². The molecule has 5 heteroatoms. The lowest BCUT2D eigenvalue weighted by molar-refractivity contribution is 0.0908. The zero-order chi connectivity index (χ0) is 24.9. The zero-order valence-electron chi connectivity index (χ0n) is 21.0. The molecular formula is C31H33N3O2. The highest BCUT2D eigenvalue weighted by atomic mass is 16.5. The lowest BCUT2D eigenvalue weighted by Gasteiger charge is -2.32. The molecule has 1 aliphatic rings. The number of aromatic nitrogens is 1. The Kier molecular flexibility index (Phi) is 7.19. The van der Waals surface area contributed by atoms with Crippen molar-refractivity contribution in [2.45, 2.75) is 32.4 Å². The van der Waals surface area contributed by atoms with Crippen LogP contribution in [-0.2, 0) is 6.54 Å². The number of carbonyl (C=O) groups is 1. The number of para-hydroxylation sites is 2. The minimum absolute atomic E-state index is 0.0140. The topological polar surface area (TPSA) is 46.5 Å². The van der Waals surface area contributed by atoms with Crippen molar-refractivity contribution in [2.24, 2.45) is 0 Å². The van der Waals surface area contributed by atoms with Crippen molar-refractivity contribution < 1.29 is 9.53 Å². The van der Waals surface area contributed by atoms with Gasteiger partial charge in [0.2, 0.25) is 0 Å². The molecular weight excluding hydrogens is 446 g/mol. The predicted octanol–water partition coefficient (Wildman–Crippen LogP) is 5.86. The molecule has 0 bridgehead atoms. The molecule has 184 valence electrons. The van der Waals surface area contributed by atoms with Gasteiger partial charge in [-0.05, 0) is 49.1 Å². The van der Waals surface area contributed by atoms with Gasteiger partial charge in [-0.25, -0.2) is 0 Å². The van der Waals surface area contributed by atoms with Crippen molar-refractivity contribution in [1.29, 1.82) is 0 Å². The van der Waals surface area contributed by atoms with Gasteiger partial charge in [-0.15, -0.1) is 0 Å². The number of likely N-dealkylation sites (tertiary alicyclic amines) is 1. The maximum atomic E-state index is 13.5. The third kappa shape index (κ3) is 5.07. The molecule has 1 aliphatic heterocycles. The second-order valence-corrected chi connectivity index (χ2v) is 9.41. The van der Waals surface area contributed by atoms with E-state index in [1.54, 1.807) is 7.11 Å². The first kappa shape index (κ1) is 23.9. The predicted molar refractivity (Wildman–Crippen MR) is 145 cm³/mol. The molecule has 0 atom stereocenters. The van der Waals surface area contributed by atoms with Crippen molar-refractivity contribution in [1.82, 2.24) is 14.8 Å². The molecule has 1 aromatic heterocycles. The van der Waals surface area contributed by atoms with E-state index in [-0.39, 0.29) is 11.9 Å². The van der Waals surface area contributed by atoms with E-state index in [1.165, 1.54) is 5.56 Å². The van der Waals surface area contributed by atoms with Gasteiger partial charge in [-0.3, -0.25) is 9.69 Å². The average Bonchev–Trinajstić information content (AvgIpc) is 3.27. The number of methoxy groups -OCH3 is 1. The van der Waals surface area contributed by atoms with Gasteiger partial charge in [0, 0.05) is 31.4 Å². The van der Waals surface area contributed by atoms with E-state index in [1.807, 2.05) is 55.5 Å². The number of piperidine rings is 1. The standard InChI is InChI=1S/C31H33N3O2/c1-23-27(31(35)32-26-17-19-33(20-18-26)22-24-11-5-3-6-12-24)21-29(25-13-7-4-8-14-25)34(23)28-15-9-10-16-30(28)36-2/h3-16,21,26H,17-20,22H2,1-2H3,(H,32,35). The molecule has 36 heavy (non-hydrogen) atoms. The number of amides is 1. The first-order chi connectivity index (χ1) is 17.6. The smallest absolute Gasteiger partial charge is 0.253 e. The summed E-state index contributed by atoms with van der Waals surface area (Å²) >= 11 is 0. The molecule has 1 N–H and O–H groups in total. The summed E-state index contributed by atoms with van der Waals surface area (Å²) in [5.41, 5.74) is 5.88. The zero-order valence-corrected chi connectivity index (χ0v) is 21.0. The Labute approximate surface area is 213 Å². The molecule has 5 nitrogen and oxygen atoms in total. The van der Waals surface area contributed by atoms with Crippen LogP contribution in [0, 0.1) is 6.92 Å². The Hall–Kier alpha value is -3.83. The van der Waals surface area contributed by atoms with Crippen molar-refractivity contribution >= 4 is 5.91 Å². The van der Waals surface area contributed by atoms with Crippen LogP contribution in [0.5, 0.6) is 5.75 Å². The van der Waals surface area contributed by atoms with E-state index in [9.17, 15) is 4.79 Å². The maximum Gasteiger partial charge on any atom is 0.253 e. The summed E-state index contributed by atoms with van der Waals surface area (Å²) in [6.07, 6.45) is 1.91. The third-order valence-electron chi connectivity index (χ3n) is 7.06. The van der Waals surface area contributed by atoms with E-state index >= 15 is 0 Å². The monoisotopic (exact) mass is 479 g/mol. The molecule has 2 heterocycles. The number of carbonyl (C=O) groups excluding carboxylic acids is 1. The molecule has 0 radical (unpaired) electrons. The molecule has 1 amide bonds. The van der Waals surface area contributed by atoms with Gasteiger partial charge in [0.05, 0.1) is 24.1 Å². The quantitative estimate of drug-likeness (QED) is 0.361. The Morgan fingerprint density at radius 1 is 0.917 bits per heavy atom. The van der Waals surface area contributed by atoms with Gasteiger partial charge >= 0.3 is 0 Å². The fourth-order valence-corrected chi connectivity index (χ4v) is 5.12. The second kappa shape index (κ2) is 10.8. The molecule has 0 aliphatic carbocycles. The largest absolute Gasteiger partial charge is 0.495 e. The van der Waals surface area contributed by atoms with Gasteiger partial charge in [0.25, 0.3) is 5.91 Å². The molecule has 0 unspecified atom stereocenters. The van der Waals surface area contributed by atoms with E-state index in [0.29, 0.717) is 5.56 Å². The number of benzene rings is 3.